The van der Waals surface area contributed by atoms with Crippen molar-refractivity contribution in [2.24, 2.45) is 0 Å². The van der Waals surface area contributed by atoms with E-state index in [1.807, 2.05) is 35.1 Å². The van der Waals surface area contributed by atoms with Gasteiger partial charge in [-0.1, -0.05) is 22.0 Å². The first-order valence-corrected chi connectivity index (χ1v) is 9.83. The summed E-state index contributed by atoms with van der Waals surface area (Å²) < 4.78 is 2.80. The highest BCUT2D eigenvalue weighted by Gasteiger charge is 2.15. The molecule has 1 aliphatic rings. The van der Waals surface area contributed by atoms with Crippen LogP contribution >= 0.6 is 15.9 Å². The van der Waals surface area contributed by atoms with E-state index in [9.17, 15) is 4.79 Å². The molecule has 2 aromatic heterocycles. The summed E-state index contributed by atoms with van der Waals surface area (Å²) in [5.74, 6) is 0.419. The lowest BCUT2D eigenvalue weighted by Crippen LogP contribution is -2.21. The van der Waals surface area contributed by atoms with Crippen molar-refractivity contribution in [1.82, 2.24) is 19.7 Å². The summed E-state index contributed by atoms with van der Waals surface area (Å²) in [5, 5.41) is 8.25. The summed E-state index contributed by atoms with van der Waals surface area (Å²) in [5.41, 5.74) is 1.54. The smallest absolute Gasteiger partial charge is 0.259 e. The van der Waals surface area contributed by atoms with Crippen LogP contribution in [0.25, 0.3) is 10.9 Å². The Balaban J connectivity index is 1.38. The number of hydrogen-bond donors (Lipinski definition) is 2. The number of likely N-dealkylation sites (tertiary alicyclic amines) is 1. The monoisotopic (exact) mass is 415 g/mol. The number of halogens is 1. The maximum atomic E-state index is 12.6. The molecule has 2 N–H and O–H groups in total. The van der Waals surface area contributed by atoms with Gasteiger partial charge in [0.05, 0.1) is 5.56 Å². The van der Waals surface area contributed by atoms with E-state index in [2.05, 4.69) is 36.2 Å². The molecule has 0 spiro atoms. The molecule has 0 unspecified atom stereocenters. The number of hydrogen-bond acceptors (Lipinski definition) is 3. The number of nitrogens with one attached hydrogen (secondary N) is 2. The molecule has 6 nitrogen and oxygen atoms in total. The molecule has 0 atom stereocenters. The number of benzene rings is 1. The van der Waals surface area contributed by atoms with Crippen molar-refractivity contribution in [3.05, 3.63) is 46.7 Å². The lowest BCUT2D eigenvalue weighted by Gasteiger charge is -2.13. The fraction of sp³-hybridized carbons (Fsp3) is 0.368. The van der Waals surface area contributed by atoms with E-state index in [4.69, 9.17) is 0 Å². The molecule has 4 rings (SSSR count). The van der Waals surface area contributed by atoms with Crippen LogP contribution in [0.5, 0.6) is 0 Å². The second-order valence-electron chi connectivity index (χ2n) is 6.69. The predicted octanol–water partition coefficient (Wildman–Crippen LogP) is 3.87. The van der Waals surface area contributed by atoms with Crippen LogP contribution in [0.3, 0.4) is 0 Å². The summed E-state index contributed by atoms with van der Waals surface area (Å²) in [6.45, 7) is 4.43. The zero-order chi connectivity index (χ0) is 17.9. The van der Waals surface area contributed by atoms with Crippen LogP contribution in [0, 0.1) is 0 Å². The van der Waals surface area contributed by atoms with Gasteiger partial charge in [-0.2, -0.15) is 5.10 Å². The van der Waals surface area contributed by atoms with Crippen molar-refractivity contribution >= 4 is 38.6 Å². The molecule has 1 fully saturated rings. The van der Waals surface area contributed by atoms with E-state index in [1.165, 1.54) is 25.9 Å². The largest absolute Gasteiger partial charge is 0.360 e. The molecule has 1 amide bonds. The molecule has 136 valence electrons. The molecule has 7 heteroatoms. The van der Waals surface area contributed by atoms with E-state index in [0.29, 0.717) is 11.4 Å². The van der Waals surface area contributed by atoms with Crippen LogP contribution in [-0.4, -0.2) is 45.2 Å². The number of rotatable bonds is 6. The van der Waals surface area contributed by atoms with Gasteiger partial charge in [0, 0.05) is 40.4 Å². The van der Waals surface area contributed by atoms with Gasteiger partial charge in [-0.05, 0) is 51.0 Å². The van der Waals surface area contributed by atoms with Crippen molar-refractivity contribution in [3.63, 3.8) is 0 Å². The van der Waals surface area contributed by atoms with Crippen molar-refractivity contribution in [3.8, 4) is 0 Å². The third kappa shape index (κ3) is 3.68. The maximum absolute atomic E-state index is 12.6. The lowest BCUT2D eigenvalue weighted by atomic mass is 10.1. The molecule has 0 saturated carbocycles. The highest BCUT2D eigenvalue weighted by Crippen LogP contribution is 2.27. The van der Waals surface area contributed by atoms with Crippen molar-refractivity contribution in [1.29, 1.82) is 0 Å². The number of anilines is 1. The fourth-order valence-electron chi connectivity index (χ4n) is 3.52. The number of aryl methyl sites for hydroxylation is 1. The molecule has 1 saturated heterocycles. The first-order valence-electron chi connectivity index (χ1n) is 9.03. The topological polar surface area (TPSA) is 66.0 Å². The van der Waals surface area contributed by atoms with Gasteiger partial charge in [-0.25, -0.2) is 0 Å². The Morgan fingerprint density at radius 1 is 1.23 bits per heavy atom. The molecular formula is C19H22BrN5O. The fourth-order valence-corrected chi connectivity index (χ4v) is 4.10. The third-order valence-corrected chi connectivity index (χ3v) is 5.50. The van der Waals surface area contributed by atoms with Gasteiger partial charge >= 0.3 is 0 Å². The van der Waals surface area contributed by atoms with Crippen LogP contribution in [0.2, 0.25) is 0 Å². The number of amides is 1. The highest BCUT2D eigenvalue weighted by molar-refractivity contribution is 9.10. The molecule has 0 aliphatic carbocycles. The van der Waals surface area contributed by atoms with Gasteiger partial charge in [-0.15, -0.1) is 0 Å². The lowest BCUT2D eigenvalue weighted by molar-refractivity contribution is 0.102. The minimum Gasteiger partial charge on any atom is -0.360 e. The molecule has 26 heavy (non-hydrogen) atoms. The first-order chi connectivity index (χ1) is 12.7. The van der Waals surface area contributed by atoms with Crippen molar-refractivity contribution < 1.29 is 4.79 Å². The second-order valence-corrected chi connectivity index (χ2v) is 7.54. The van der Waals surface area contributed by atoms with Crippen LogP contribution in [-0.2, 0) is 6.54 Å². The van der Waals surface area contributed by atoms with Gasteiger partial charge in [0.15, 0.2) is 5.82 Å². The number of carbonyl (C=O) groups excluding carboxylic acids is 1. The standard InChI is InChI=1S/C19H22BrN5O/c20-15-5-3-6-16-18(15)14(13-21-16)19(26)22-17-7-12-25(23-17)11-4-10-24-8-1-2-9-24/h3,5-7,12-13,21H,1-2,4,8-11H2,(H,22,23,26). The molecule has 1 aromatic carbocycles. The van der Waals surface area contributed by atoms with E-state index in [0.717, 1.165) is 34.9 Å². The molecule has 0 bridgehead atoms. The Bertz CT molecular complexity index is 910. The molecule has 0 radical (unpaired) electrons. The van der Waals surface area contributed by atoms with Crippen LogP contribution < -0.4 is 5.32 Å². The quantitative estimate of drug-likeness (QED) is 0.641. The van der Waals surface area contributed by atoms with E-state index in [1.54, 1.807) is 6.20 Å². The summed E-state index contributed by atoms with van der Waals surface area (Å²) in [6, 6.07) is 7.67. The highest BCUT2D eigenvalue weighted by atomic mass is 79.9. The number of nitrogens with zero attached hydrogens (tertiary/aromatic N) is 3. The second kappa shape index (κ2) is 7.63. The van der Waals surface area contributed by atoms with Gasteiger partial charge in [0.1, 0.15) is 0 Å². The SMILES string of the molecule is O=C(Nc1ccn(CCCN2CCCC2)n1)c1c[nH]c2cccc(Br)c12. The maximum Gasteiger partial charge on any atom is 0.259 e. The summed E-state index contributed by atoms with van der Waals surface area (Å²) >= 11 is 3.52. The zero-order valence-corrected chi connectivity index (χ0v) is 16.1. The Morgan fingerprint density at radius 2 is 2.08 bits per heavy atom. The normalized spacial score (nSPS) is 15.0. The first kappa shape index (κ1) is 17.3. The van der Waals surface area contributed by atoms with E-state index >= 15 is 0 Å². The Hall–Kier alpha value is -2.12. The van der Waals surface area contributed by atoms with Crippen LogP contribution in [0.15, 0.2) is 41.1 Å². The molecule has 1 aliphatic heterocycles. The molecule has 3 heterocycles. The number of fused-ring (bicyclic) bond motifs is 1. The number of aromatic amines is 1. The zero-order valence-electron chi connectivity index (χ0n) is 14.5. The Labute approximate surface area is 160 Å². The average molecular weight is 416 g/mol. The Morgan fingerprint density at radius 3 is 2.92 bits per heavy atom. The number of carbonyl (C=O) groups is 1. The van der Waals surface area contributed by atoms with Crippen molar-refractivity contribution in [2.45, 2.75) is 25.8 Å². The minimum absolute atomic E-state index is 0.162. The van der Waals surface area contributed by atoms with Gasteiger partial charge in [0.25, 0.3) is 5.91 Å². The molecule has 3 aromatic rings. The molecular weight excluding hydrogens is 394 g/mol. The van der Waals surface area contributed by atoms with Crippen molar-refractivity contribution in [2.75, 3.05) is 25.0 Å². The summed E-state index contributed by atoms with van der Waals surface area (Å²) in [4.78, 5) is 18.3. The minimum atomic E-state index is -0.162. The number of H-pyrrole nitrogens is 1. The van der Waals surface area contributed by atoms with Crippen LogP contribution in [0.1, 0.15) is 29.6 Å². The Kier molecular flexibility index (Phi) is 5.08. The van der Waals surface area contributed by atoms with Gasteiger partial charge in [-0.3, -0.25) is 9.48 Å². The van der Waals surface area contributed by atoms with Crippen LogP contribution in [0.4, 0.5) is 5.82 Å². The predicted molar refractivity (Wildman–Crippen MR) is 106 cm³/mol. The van der Waals surface area contributed by atoms with E-state index in [-0.39, 0.29) is 5.91 Å². The number of aromatic nitrogens is 3. The van der Waals surface area contributed by atoms with E-state index < -0.39 is 0 Å². The average Bonchev–Trinajstić information content (AvgIpc) is 3.36. The van der Waals surface area contributed by atoms with Gasteiger partial charge in [0.2, 0.25) is 0 Å². The summed E-state index contributed by atoms with van der Waals surface area (Å²) in [6.07, 6.45) is 7.37. The summed E-state index contributed by atoms with van der Waals surface area (Å²) in [7, 11) is 0. The third-order valence-electron chi connectivity index (χ3n) is 4.84. The van der Waals surface area contributed by atoms with Gasteiger partial charge < -0.3 is 15.2 Å².